The maximum atomic E-state index is 12.4. The molecule has 2 heterocycles. The zero-order valence-electron chi connectivity index (χ0n) is 12.9. The minimum atomic E-state index is 0.158. The summed E-state index contributed by atoms with van der Waals surface area (Å²) < 4.78 is 2.30. The van der Waals surface area contributed by atoms with Gasteiger partial charge < -0.3 is 9.55 Å². The topological polar surface area (TPSA) is 63.6 Å². The van der Waals surface area contributed by atoms with Gasteiger partial charge in [-0.3, -0.25) is 4.79 Å². The lowest BCUT2D eigenvalue weighted by atomic mass is 10.2. The number of H-pyrrole nitrogens is 1. The summed E-state index contributed by atoms with van der Waals surface area (Å²) in [6, 6.07) is 2.50. The van der Waals surface area contributed by atoms with Gasteiger partial charge in [-0.2, -0.15) is 0 Å². The molecule has 0 amide bonds. The largest absolute Gasteiger partial charge is 0.362 e. The van der Waals surface area contributed by atoms with Crippen LogP contribution in [0.5, 0.6) is 0 Å². The van der Waals surface area contributed by atoms with Gasteiger partial charge in [0.15, 0.2) is 10.9 Å². The third-order valence-corrected chi connectivity index (χ3v) is 5.27. The molecule has 0 atom stereocenters. The number of nitrogens with zero attached hydrogens (tertiary/aromatic N) is 3. The maximum absolute atomic E-state index is 12.4. The number of rotatable bonds is 6. The Kier molecular flexibility index (Phi) is 3.36. The van der Waals surface area contributed by atoms with Gasteiger partial charge in [0.05, 0.1) is 5.75 Å². The normalized spacial score (nSPS) is 17.9. The summed E-state index contributed by atoms with van der Waals surface area (Å²) in [5, 5.41) is 9.65. The van der Waals surface area contributed by atoms with Crippen LogP contribution in [0.1, 0.15) is 65.2 Å². The molecule has 2 aromatic rings. The van der Waals surface area contributed by atoms with Crippen molar-refractivity contribution >= 4 is 17.5 Å². The summed E-state index contributed by atoms with van der Waals surface area (Å²) in [4.78, 5) is 15.6. The number of nitrogens with one attached hydrogen (secondary N) is 1. The molecule has 0 bridgehead atoms. The smallest absolute Gasteiger partial charge is 0.191 e. The molecule has 6 heteroatoms. The van der Waals surface area contributed by atoms with Crippen LogP contribution in [0.25, 0.3) is 0 Å². The van der Waals surface area contributed by atoms with Crippen LogP contribution >= 0.6 is 11.8 Å². The fourth-order valence-corrected chi connectivity index (χ4v) is 3.80. The molecule has 0 unspecified atom stereocenters. The fourth-order valence-electron chi connectivity index (χ4n) is 2.90. The molecule has 0 radical (unpaired) electrons. The Bertz CT molecular complexity index is 725. The number of aromatic amines is 1. The summed E-state index contributed by atoms with van der Waals surface area (Å²) >= 11 is 1.53. The van der Waals surface area contributed by atoms with Gasteiger partial charge >= 0.3 is 0 Å². The van der Waals surface area contributed by atoms with E-state index in [-0.39, 0.29) is 5.78 Å². The first-order chi connectivity index (χ1) is 10.6. The predicted octanol–water partition coefficient (Wildman–Crippen LogP) is 3.41. The number of carbonyl (C=O) groups is 1. The molecule has 0 aromatic carbocycles. The molecular formula is C16H20N4OS. The summed E-state index contributed by atoms with van der Waals surface area (Å²) in [5.74, 6) is 2.33. The molecule has 4 rings (SSSR count). The zero-order valence-corrected chi connectivity index (χ0v) is 13.7. The maximum Gasteiger partial charge on any atom is 0.191 e. The first kappa shape index (κ1) is 14.1. The number of Topliss-reactive ketones (excluding diaryl/α,β-unsaturated/α-hetero) is 1. The first-order valence-corrected chi connectivity index (χ1v) is 8.89. The van der Waals surface area contributed by atoms with E-state index >= 15 is 0 Å². The molecule has 0 spiro atoms. The van der Waals surface area contributed by atoms with Gasteiger partial charge in [0.1, 0.15) is 5.82 Å². The average molecular weight is 316 g/mol. The Balaban J connectivity index is 1.50. The van der Waals surface area contributed by atoms with Gasteiger partial charge in [-0.05, 0) is 45.6 Å². The highest BCUT2D eigenvalue weighted by molar-refractivity contribution is 7.99. The Morgan fingerprint density at radius 1 is 1.32 bits per heavy atom. The third kappa shape index (κ3) is 2.60. The Morgan fingerprint density at radius 2 is 2.09 bits per heavy atom. The van der Waals surface area contributed by atoms with Crippen LogP contribution < -0.4 is 0 Å². The van der Waals surface area contributed by atoms with Crippen LogP contribution in [0.15, 0.2) is 11.2 Å². The van der Waals surface area contributed by atoms with Crippen LogP contribution in [0.4, 0.5) is 0 Å². The van der Waals surface area contributed by atoms with E-state index in [1.54, 1.807) is 0 Å². The predicted molar refractivity (Wildman–Crippen MR) is 85.6 cm³/mol. The summed E-state index contributed by atoms with van der Waals surface area (Å²) in [7, 11) is 0. The van der Waals surface area contributed by atoms with Crippen molar-refractivity contribution in [2.75, 3.05) is 5.75 Å². The van der Waals surface area contributed by atoms with Crippen LogP contribution in [0, 0.1) is 13.8 Å². The van der Waals surface area contributed by atoms with E-state index in [1.807, 2.05) is 19.9 Å². The lowest BCUT2D eigenvalue weighted by Crippen LogP contribution is -2.06. The van der Waals surface area contributed by atoms with Gasteiger partial charge in [-0.25, -0.2) is 0 Å². The summed E-state index contributed by atoms with van der Waals surface area (Å²) in [5.41, 5.74) is 2.78. The third-order valence-electron chi connectivity index (χ3n) is 4.33. The van der Waals surface area contributed by atoms with E-state index in [9.17, 15) is 4.79 Å². The molecule has 2 aliphatic carbocycles. The van der Waals surface area contributed by atoms with Crippen LogP contribution in [0.3, 0.4) is 0 Å². The van der Waals surface area contributed by atoms with Crippen molar-refractivity contribution in [3.63, 3.8) is 0 Å². The highest BCUT2D eigenvalue weighted by Gasteiger charge is 2.36. The first-order valence-electron chi connectivity index (χ1n) is 7.90. The Hall–Kier alpha value is -1.56. The number of hydrogen-bond acceptors (Lipinski definition) is 4. The van der Waals surface area contributed by atoms with E-state index in [2.05, 4.69) is 19.7 Å². The highest BCUT2D eigenvalue weighted by atomic mass is 32.2. The second-order valence-electron chi connectivity index (χ2n) is 6.42. The Labute approximate surface area is 133 Å². The van der Waals surface area contributed by atoms with Crippen molar-refractivity contribution in [3.8, 4) is 0 Å². The quantitative estimate of drug-likeness (QED) is 0.655. The van der Waals surface area contributed by atoms with E-state index < -0.39 is 0 Å². The lowest BCUT2D eigenvalue weighted by molar-refractivity contribution is 0.102. The minimum absolute atomic E-state index is 0.158. The summed E-state index contributed by atoms with van der Waals surface area (Å²) in [6.45, 7) is 3.92. The SMILES string of the molecule is Cc1cc(C(=O)CSc2nnc(C3CC3)n2C2CC2)c(C)[nH]1. The zero-order chi connectivity index (χ0) is 15.3. The van der Waals surface area contributed by atoms with Gasteiger partial charge in [0.25, 0.3) is 0 Å². The standard InChI is InChI=1S/C16H20N4OS/c1-9-7-13(10(2)17-9)14(21)8-22-16-19-18-15(11-3-4-11)20(16)12-5-6-12/h7,11-12,17H,3-6,8H2,1-2H3. The fraction of sp³-hybridized carbons (Fsp3) is 0.562. The number of hydrogen-bond donors (Lipinski definition) is 1. The second kappa shape index (κ2) is 5.26. The van der Waals surface area contributed by atoms with Gasteiger partial charge in [-0.15, -0.1) is 10.2 Å². The van der Waals surface area contributed by atoms with Gasteiger partial charge in [0.2, 0.25) is 0 Å². The molecule has 2 fully saturated rings. The van der Waals surface area contributed by atoms with Crippen LogP contribution in [-0.2, 0) is 0 Å². The van der Waals surface area contributed by atoms with Crippen LogP contribution in [-0.4, -0.2) is 31.3 Å². The van der Waals surface area contributed by atoms with E-state index in [0.717, 1.165) is 27.9 Å². The molecular weight excluding hydrogens is 296 g/mol. The van der Waals surface area contributed by atoms with Crippen molar-refractivity contribution in [1.82, 2.24) is 19.7 Å². The second-order valence-corrected chi connectivity index (χ2v) is 7.36. The van der Waals surface area contributed by atoms with E-state index in [0.29, 0.717) is 17.7 Å². The van der Waals surface area contributed by atoms with Crippen molar-refractivity contribution in [3.05, 3.63) is 28.8 Å². The molecule has 22 heavy (non-hydrogen) atoms. The van der Waals surface area contributed by atoms with Crippen molar-refractivity contribution in [2.24, 2.45) is 0 Å². The number of aromatic nitrogens is 4. The average Bonchev–Trinajstić information content (AvgIpc) is 3.41. The monoisotopic (exact) mass is 316 g/mol. The Morgan fingerprint density at radius 3 is 2.68 bits per heavy atom. The molecule has 2 aromatic heterocycles. The van der Waals surface area contributed by atoms with Gasteiger partial charge in [0, 0.05) is 28.9 Å². The molecule has 1 N–H and O–H groups in total. The van der Waals surface area contributed by atoms with Gasteiger partial charge in [-0.1, -0.05) is 11.8 Å². The van der Waals surface area contributed by atoms with E-state index in [4.69, 9.17) is 0 Å². The molecule has 2 aliphatic rings. The number of thioether (sulfide) groups is 1. The van der Waals surface area contributed by atoms with E-state index in [1.165, 1.54) is 37.4 Å². The minimum Gasteiger partial charge on any atom is -0.362 e. The molecule has 5 nitrogen and oxygen atoms in total. The molecule has 0 saturated heterocycles. The van der Waals surface area contributed by atoms with Crippen LogP contribution in [0.2, 0.25) is 0 Å². The van der Waals surface area contributed by atoms with Crippen molar-refractivity contribution < 1.29 is 4.79 Å². The number of aryl methyl sites for hydroxylation is 2. The number of ketones is 1. The number of carbonyl (C=O) groups excluding carboxylic acids is 1. The highest BCUT2D eigenvalue weighted by Crippen LogP contribution is 2.46. The van der Waals surface area contributed by atoms with Crippen molar-refractivity contribution in [1.29, 1.82) is 0 Å². The van der Waals surface area contributed by atoms with Crippen molar-refractivity contribution in [2.45, 2.75) is 56.6 Å². The molecule has 0 aliphatic heterocycles. The molecule has 2 saturated carbocycles. The lowest BCUT2D eigenvalue weighted by Gasteiger charge is -2.07. The molecule has 116 valence electrons. The summed E-state index contributed by atoms with van der Waals surface area (Å²) in [6.07, 6.45) is 4.90.